The van der Waals surface area contributed by atoms with Gasteiger partial charge in [-0.3, -0.25) is 0 Å². The molecule has 2 rings (SSSR count). The van der Waals surface area contributed by atoms with E-state index in [1.165, 1.54) is 10.5 Å². The van der Waals surface area contributed by atoms with E-state index in [9.17, 15) is 0 Å². The summed E-state index contributed by atoms with van der Waals surface area (Å²) in [4.78, 5) is 3.59. The van der Waals surface area contributed by atoms with Crippen molar-refractivity contribution in [1.29, 1.82) is 0 Å². The van der Waals surface area contributed by atoms with E-state index in [2.05, 4.69) is 41.4 Å². The summed E-state index contributed by atoms with van der Waals surface area (Å²) < 4.78 is 7.91. The summed E-state index contributed by atoms with van der Waals surface area (Å²) in [5.74, 6) is 0.998. The number of hydrogen-bond acceptors (Lipinski definition) is 4. The van der Waals surface area contributed by atoms with Crippen molar-refractivity contribution >= 4 is 11.9 Å². The first kappa shape index (κ1) is 13.7. The second-order valence-electron chi connectivity index (χ2n) is 4.66. The van der Waals surface area contributed by atoms with Crippen LogP contribution in [-0.2, 0) is 6.42 Å². The maximum atomic E-state index is 5.49. The number of ether oxygens (including phenoxy) is 1. The first-order valence-electron chi connectivity index (χ1n) is 6.51. The second kappa shape index (κ2) is 6.45. The molecule has 1 aliphatic heterocycles. The maximum Gasteiger partial charge on any atom is 0.134 e. The van der Waals surface area contributed by atoms with E-state index in [1.807, 2.05) is 11.9 Å². The molecule has 4 heteroatoms. The van der Waals surface area contributed by atoms with E-state index in [-0.39, 0.29) is 0 Å². The zero-order valence-electron chi connectivity index (χ0n) is 11.5. The Morgan fingerprint density at radius 1 is 1.22 bits per heavy atom. The van der Waals surface area contributed by atoms with Crippen molar-refractivity contribution in [2.45, 2.75) is 18.2 Å². The second-order valence-corrected chi connectivity index (χ2v) is 5.80. The number of aryl methyl sites for hydroxylation is 1. The van der Waals surface area contributed by atoms with E-state index < -0.39 is 0 Å². The average molecular weight is 266 g/mol. The summed E-state index contributed by atoms with van der Waals surface area (Å²) >= 11 is 1.82. The van der Waals surface area contributed by atoms with E-state index in [0.29, 0.717) is 0 Å². The van der Waals surface area contributed by atoms with Crippen molar-refractivity contribution in [2.75, 3.05) is 40.3 Å². The number of nitrogens with zero attached hydrogens (tertiary/aromatic N) is 2. The predicted octanol–water partition coefficient (Wildman–Crippen LogP) is 2.51. The van der Waals surface area contributed by atoms with Crippen molar-refractivity contribution < 1.29 is 4.74 Å². The van der Waals surface area contributed by atoms with E-state index >= 15 is 0 Å². The molecular weight excluding hydrogens is 244 g/mol. The number of methoxy groups -OCH3 is 1. The molecule has 0 aliphatic carbocycles. The first-order valence-corrected chi connectivity index (χ1v) is 7.28. The van der Waals surface area contributed by atoms with E-state index in [1.54, 1.807) is 7.11 Å². The quantitative estimate of drug-likeness (QED) is 0.778. The Balaban J connectivity index is 2.04. The molecule has 100 valence electrons. The van der Waals surface area contributed by atoms with Crippen molar-refractivity contribution in [3.8, 4) is 5.75 Å². The fourth-order valence-electron chi connectivity index (χ4n) is 2.03. The van der Waals surface area contributed by atoms with Gasteiger partial charge in [-0.1, -0.05) is 13.0 Å². The highest BCUT2D eigenvalue weighted by Crippen LogP contribution is 2.33. The molecule has 0 unspecified atom stereocenters. The summed E-state index contributed by atoms with van der Waals surface area (Å²) in [5, 5.41) is 0. The largest absolute Gasteiger partial charge is 0.496 e. The van der Waals surface area contributed by atoms with Crippen molar-refractivity contribution in [1.82, 2.24) is 9.21 Å². The van der Waals surface area contributed by atoms with Gasteiger partial charge in [0.2, 0.25) is 0 Å². The molecule has 0 amide bonds. The van der Waals surface area contributed by atoms with Gasteiger partial charge in [-0.2, -0.15) is 0 Å². The van der Waals surface area contributed by atoms with Crippen LogP contribution in [0.25, 0.3) is 0 Å². The molecule has 0 radical (unpaired) electrons. The summed E-state index contributed by atoms with van der Waals surface area (Å²) in [5.41, 5.74) is 1.33. The topological polar surface area (TPSA) is 15.7 Å². The van der Waals surface area contributed by atoms with Gasteiger partial charge in [0, 0.05) is 26.2 Å². The van der Waals surface area contributed by atoms with Gasteiger partial charge in [0.1, 0.15) is 5.75 Å². The zero-order chi connectivity index (χ0) is 13.0. The van der Waals surface area contributed by atoms with Gasteiger partial charge in [0.05, 0.1) is 12.0 Å². The Kier molecular flexibility index (Phi) is 4.92. The van der Waals surface area contributed by atoms with Crippen LogP contribution in [0.15, 0.2) is 23.1 Å². The molecule has 1 saturated heterocycles. The van der Waals surface area contributed by atoms with E-state index in [4.69, 9.17) is 4.74 Å². The maximum absolute atomic E-state index is 5.49. The van der Waals surface area contributed by atoms with Crippen molar-refractivity contribution in [3.05, 3.63) is 23.8 Å². The number of piperazine rings is 1. The molecule has 0 aromatic heterocycles. The number of rotatable bonds is 4. The predicted molar refractivity (Wildman–Crippen MR) is 77.3 cm³/mol. The molecule has 0 N–H and O–H groups in total. The van der Waals surface area contributed by atoms with Gasteiger partial charge >= 0.3 is 0 Å². The number of likely N-dealkylation sites (N-methyl/N-ethyl adjacent to an activating group) is 1. The van der Waals surface area contributed by atoms with Crippen LogP contribution in [0, 0.1) is 0 Å². The van der Waals surface area contributed by atoms with Gasteiger partial charge in [-0.25, -0.2) is 4.31 Å². The average Bonchev–Trinajstić information content (AvgIpc) is 2.41. The smallest absolute Gasteiger partial charge is 0.134 e. The third-order valence-corrected chi connectivity index (χ3v) is 4.48. The lowest BCUT2D eigenvalue weighted by molar-refractivity contribution is 0.233. The molecular formula is C14H22N2OS. The molecule has 0 atom stereocenters. The third-order valence-electron chi connectivity index (χ3n) is 3.33. The molecule has 3 nitrogen and oxygen atoms in total. The fraction of sp³-hybridized carbons (Fsp3) is 0.571. The molecule has 1 aromatic rings. The number of benzene rings is 1. The monoisotopic (exact) mass is 266 g/mol. The lowest BCUT2D eigenvalue weighted by atomic mass is 10.2. The molecule has 0 saturated carbocycles. The molecule has 0 bridgehead atoms. The molecule has 1 aliphatic rings. The highest BCUT2D eigenvalue weighted by Gasteiger charge is 2.16. The van der Waals surface area contributed by atoms with Crippen molar-refractivity contribution in [2.24, 2.45) is 0 Å². The summed E-state index contributed by atoms with van der Waals surface area (Å²) in [6, 6.07) is 6.53. The number of hydrogen-bond donors (Lipinski definition) is 0. The Hall–Kier alpha value is -0.710. The molecule has 1 aromatic carbocycles. The Labute approximate surface area is 114 Å². The molecule has 18 heavy (non-hydrogen) atoms. The van der Waals surface area contributed by atoms with Crippen LogP contribution in [0.1, 0.15) is 12.5 Å². The van der Waals surface area contributed by atoms with Crippen LogP contribution >= 0.6 is 11.9 Å². The van der Waals surface area contributed by atoms with Gasteiger partial charge < -0.3 is 9.64 Å². The summed E-state index contributed by atoms with van der Waals surface area (Å²) in [6.45, 7) is 6.67. The van der Waals surface area contributed by atoms with Crippen LogP contribution in [0.4, 0.5) is 0 Å². The van der Waals surface area contributed by atoms with Crippen LogP contribution in [0.3, 0.4) is 0 Å². The van der Waals surface area contributed by atoms with Gasteiger partial charge in [0.15, 0.2) is 0 Å². The highest BCUT2D eigenvalue weighted by atomic mass is 32.2. The zero-order valence-corrected chi connectivity index (χ0v) is 12.3. The SMILES string of the molecule is CCc1ccc(SN2CCN(C)CC2)c(OC)c1. The Morgan fingerprint density at radius 2 is 1.94 bits per heavy atom. The van der Waals surface area contributed by atoms with Crippen LogP contribution in [-0.4, -0.2) is 49.5 Å². The molecule has 0 spiro atoms. The lowest BCUT2D eigenvalue weighted by Gasteiger charge is -2.31. The highest BCUT2D eigenvalue weighted by molar-refractivity contribution is 7.97. The van der Waals surface area contributed by atoms with Crippen LogP contribution in [0.5, 0.6) is 5.75 Å². The van der Waals surface area contributed by atoms with Crippen LogP contribution in [0.2, 0.25) is 0 Å². The molecule has 1 fully saturated rings. The summed E-state index contributed by atoms with van der Waals surface area (Å²) in [7, 11) is 3.93. The Morgan fingerprint density at radius 3 is 2.56 bits per heavy atom. The van der Waals surface area contributed by atoms with E-state index in [0.717, 1.165) is 38.3 Å². The third kappa shape index (κ3) is 3.40. The lowest BCUT2D eigenvalue weighted by Crippen LogP contribution is -2.40. The minimum atomic E-state index is 0.998. The summed E-state index contributed by atoms with van der Waals surface area (Å²) in [6.07, 6.45) is 1.05. The minimum absolute atomic E-state index is 0.998. The van der Waals surface area contributed by atoms with Crippen molar-refractivity contribution in [3.63, 3.8) is 0 Å². The Bertz CT molecular complexity index is 389. The van der Waals surface area contributed by atoms with Crippen LogP contribution < -0.4 is 4.74 Å². The van der Waals surface area contributed by atoms with Gasteiger partial charge in [-0.05, 0) is 43.1 Å². The van der Waals surface area contributed by atoms with Gasteiger partial charge in [-0.15, -0.1) is 0 Å². The minimum Gasteiger partial charge on any atom is -0.496 e. The fourth-order valence-corrected chi connectivity index (χ4v) is 3.01. The first-order chi connectivity index (χ1) is 8.72. The standard InChI is InChI=1S/C14H22N2OS/c1-4-12-5-6-14(13(11-12)17-3)18-16-9-7-15(2)8-10-16/h5-6,11H,4,7-10H2,1-3H3. The normalized spacial score (nSPS) is 17.9. The molecule has 1 heterocycles. The van der Waals surface area contributed by atoms with Gasteiger partial charge in [0.25, 0.3) is 0 Å².